The van der Waals surface area contributed by atoms with Crippen molar-refractivity contribution >= 4 is 23.0 Å². The van der Waals surface area contributed by atoms with Gasteiger partial charge in [0.2, 0.25) is 0 Å². The molecule has 0 heterocycles. The summed E-state index contributed by atoms with van der Waals surface area (Å²) in [7, 11) is 0. The molecule has 0 aliphatic heterocycles. The van der Waals surface area contributed by atoms with Gasteiger partial charge < -0.3 is 14.8 Å². The van der Waals surface area contributed by atoms with E-state index in [4.69, 9.17) is 10.2 Å². The molecule has 0 radical (unpaired) electrons. The van der Waals surface area contributed by atoms with E-state index in [1.165, 1.54) is 0 Å². The van der Waals surface area contributed by atoms with Gasteiger partial charge in [-0.1, -0.05) is 0 Å². The Kier molecular flexibility index (Phi) is 5.84. The largest absolute Gasteiger partial charge is 1.00 e. The van der Waals surface area contributed by atoms with Crippen LogP contribution in [0.5, 0.6) is 0 Å². The summed E-state index contributed by atoms with van der Waals surface area (Å²) in [5, 5.41) is 17.2. The maximum atomic E-state index is 10.6. The summed E-state index contributed by atoms with van der Waals surface area (Å²) in [5.41, 5.74) is -0.729. The summed E-state index contributed by atoms with van der Waals surface area (Å²) in [6.45, 7) is 0. The van der Waals surface area contributed by atoms with E-state index in [-0.39, 0.29) is 35.1 Å². The van der Waals surface area contributed by atoms with Gasteiger partial charge in [-0.3, -0.25) is 4.21 Å². The van der Waals surface area contributed by atoms with Gasteiger partial charge in [-0.25, -0.2) is 9.59 Å². The van der Waals surface area contributed by atoms with Crippen LogP contribution in [0.15, 0.2) is 23.1 Å². The van der Waals surface area contributed by atoms with E-state index in [0.717, 1.165) is 18.2 Å². The fourth-order valence-corrected chi connectivity index (χ4v) is 1.53. The van der Waals surface area contributed by atoms with Gasteiger partial charge in [-0.15, -0.1) is 0 Å². The molecule has 0 fully saturated rings. The third-order valence-corrected chi connectivity index (χ3v) is 2.34. The average molecular weight is 252 g/mol. The van der Waals surface area contributed by atoms with Crippen molar-refractivity contribution in [2.75, 3.05) is 0 Å². The zero-order valence-corrected chi connectivity index (χ0v) is 11.0. The van der Waals surface area contributed by atoms with Crippen LogP contribution < -0.4 is 29.6 Å². The molecule has 2 N–H and O–H groups in total. The molecule has 80 valence electrons. The maximum Gasteiger partial charge on any atom is 1.00 e. The number of hydrogen-bond acceptors (Lipinski definition) is 4. The first-order valence-corrected chi connectivity index (χ1v) is 4.71. The average Bonchev–Trinajstić information content (AvgIpc) is 2.16. The molecule has 6 nitrogen and oxygen atoms in total. The Labute approximate surface area is 115 Å². The molecule has 1 unspecified atom stereocenters. The van der Waals surface area contributed by atoms with Crippen LogP contribution in [0.3, 0.4) is 0 Å². The zero-order valence-electron chi connectivity index (χ0n) is 8.17. The van der Waals surface area contributed by atoms with Crippen LogP contribution in [0.1, 0.15) is 20.7 Å². The molecule has 0 saturated carbocycles. The Bertz CT molecular complexity index is 458. The molecule has 0 aliphatic rings. The van der Waals surface area contributed by atoms with Gasteiger partial charge in [-0.05, 0) is 29.3 Å². The molecule has 1 aromatic carbocycles. The number of benzene rings is 1. The Morgan fingerprint density at radius 1 is 1.19 bits per heavy atom. The molecule has 16 heavy (non-hydrogen) atoms. The smallest absolute Gasteiger partial charge is 0.768 e. The predicted molar refractivity (Wildman–Crippen MR) is 47.5 cm³/mol. The molecule has 0 spiro atoms. The van der Waals surface area contributed by atoms with Gasteiger partial charge in [0.05, 0.1) is 11.1 Å². The second-order valence-electron chi connectivity index (χ2n) is 2.56. The van der Waals surface area contributed by atoms with Crippen molar-refractivity contribution < 1.29 is 58.1 Å². The minimum Gasteiger partial charge on any atom is -0.768 e. The minimum atomic E-state index is -2.78. The summed E-state index contributed by atoms with van der Waals surface area (Å²) < 4.78 is 21.3. The van der Waals surface area contributed by atoms with E-state index >= 15 is 0 Å². The van der Waals surface area contributed by atoms with Gasteiger partial charge in [0.1, 0.15) is 0 Å². The van der Waals surface area contributed by atoms with Crippen molar-refractivity contribution in [2.45, 2.75) is 4.90 Å². The summed E-state index contributed by atoms with van der Waals surface area (Å²) in [5.74, 6) is -2.75. The van der Waals surface area contributed by atoms with Crippen LogP contribution in [0.4, 0.5) is 0 Å². The molecule has 8 heteroatoms. The van der Waals surface area contributed by atoms with Crippen LogP contribution in [0.25, 0.3) is 0 Å². The number of carboxylic acids is 2. The second-order valence-corrected chi connectivity index (χ2v) is 3.47. The fourth-order valence-electron chi connectivity index (χ4n) is 0.970. The first kappa shape index (κ1) is 15.3. The Hall–Kier alpha value is -0.730. The van der Waals surface area contributed by atoms with Crippen LogP contribution >= 0.6 is 0 Å². The van der Waals surface area contributed by atoms with Crippen molar-refractivity contribution in [1.29, 1.82) is 0 Å². The van der Waals surface area contributed by atoms with Gasteiger partial charge >= 0.3 is 41.5 Å². The monoisotopic (exact) mass is 252 g/mol. The third kappa shape index (κ3) is 3.39. The molecule has 0 aromatic heterocycles. The SMILES string of the molecule is O=C(O)c1ccc(C(=O)O)c(S(=O)[O-])c1.[Na+]. The van der Waals surface area contributed by atoms with Gasteiger partial charge in [-0.2, -0.15) is 0 Å². The standard InChI is InChI=1S/C8H6O6S.Na/c9-7(10)4-1-2-5(8(11)12)6(3-4)15(13)14;/h1-3H,(H,9,10)(H,11,12)(H,13,14);/q;+1/p-1. The fraction of sp³-hybridized carbons (Fsp3) is 0. The van der Waals surface area contributed by atoms with Gasteiger partial charge in [0, 0.05) is 4.90 Å². The molecule has 0 bridgehead atoms. The van der Waals surface area contributed by atoms with Crippen LogP contribution in [0.2, 0.25) is 0 Å². The molecular weight excluding hydrogens is 247 g/mol. The molecule has 1 rings (SSSR count). The van der Waals surface area contributed by atoms with E-state index < -0.39 is 33.5 Å². The number of rotatable bonds is 3. The topological polar surface area (TPSA) is 115 Å². The number of carboxylic acid groups (broad SMARTS) is 2. The van der Waals surface area contributed by atoms with Crippen molar-refractivity contribution in [1.82, 2.24) is 0 Å². The predicted octanol–water partition coefficient (Wildman–Crippen LogP) is -2.67. The van der Waals surface area contributed by atoms with Crippen LogP contribution in [0, 0.1) is 0 Å². The molecule has 0 aliphatic carbocycles. The first-order chi connectivity index (χ1) is 6.93. The second kappa shape index (κ2) is 6.12. The van der Waals surface area contributed by atoms with E-state index in [2.05, 4.69) is 0 Å². The molecule has 0 saturated heterocycles. The van der Waals surface area contributed by atoms with Gasteiger partial charge in [0.25, 0.3) is 0 Å². The summed E-state index contributed by atoms with van der Waals surface area (Å²) in [4.78, 5) is 20.6. The van der Waals surface area contributed by atoms with E-state index in [0.29, 0.717) is 0 Å². The zero-order chi connectivity index (χ0) is 11.6. The quantitative estimate of drug-likeness (QED) is 0.447. The number of hydrogen-bond donors (Lipinski definition) is 2. The van der Waals surface area contributed by atoms with E-state index in [9.17, 15) is 18.4 Å². The molecule has 1 aromatic rings. The summed E-state index contributed by atoms with van der Waals surface area (Å²) in [6, 6.07) is 2.77. The van der Waals surface area contributed by atoms with E-state index in [1.807, 2.05) is 0 Å². The normalized spacial score (nSPS) is 11.3. The third-order valence-electron chi connectivity index (χ3n) is 1.64. The number of aromatic carboxylic acids is 2. The number of carbonyl (C=O) groups is 2. The summed E-state index contributed by atoms with van der Waals surface area (Å²) >= 11 is -2.78. The first-order valence-electron chi connectivity index (χ1n) is 3.63. The van der Waals surface area contributed by atoms with Crippen molar-refractivity contribution in [3.63, 3.8) is 0 Å². The summed E-state index contributed by atoms with van der Waals surface area (Å²) in [6.07, 6.45) is 0. The molecule has 0 amide bonds. The Balaban J connectivity index is 0.00000225. The van der Waals surface area contributed by atoms with Crippen molar-refractivity contribution in [3.05, 3.63) is 29.3 Å². The molecular formula is C8H5NaO6S. The minimum absolute atomic E-state index is 0. The Morgan fingerprint density at radius 3 is 2.12 bits per heavy atom. The van der Waals surface area contributed by atoms with E-state index in [1.54, 1.807) is 0 Å². The van der Waals surface area contributed by atoms with Crippen LogP contribution in [-0.2, 0) is 11.1 Å². The molecule has 1 atom stereocenters. The Morgan fingerprint density at radius 2 is 1.75 bits per heavy atom. The maximum absolute atomic E-state index is 10.6. The van der Waals surface area contributed by atoms with Gasteiger partial charge in [0.15, 0.2) is 0 Å². The van der Waals surface area contributed by atoms with Crippen LogP contribution in [-0.4, -0.2) is 30.9 Å². The van der Waals surface area contributed by atoms with Crippen molar-refractivity contribution in [3.8, 4) is 0 Å². The van der Waals surface area contributed by atoms with Crippen molar-refractivity contribution in [2.24, 2.45) is 0 Å².